The summed E-state index contributed by atoms with van der Waals surface area (Å²) in [6.07, 6.45) is 0. The maximum atomic E-state index is 13.6. The molecule has 2 aromatic carbocycles. The SMILES string of the molecule is N#Cc1cc(NCCNC(=O)c2c(F)cccc2F)nc2ccc(Cl)cc12. The molecule has 136 valence electrons. The van der Waals surface area contributed by atoms with Crippen molar-refractivity contribution in [2.45, 2.75) is 0 Å². The summed E-state index contributed by atoms with van der Waals surface area (Å²) in [5.74, 6) is -2.25. The fraction of sp³-hybridized carbons (Fsp3) is 0.105. The van der Waals surface area contributed by atoms with Gasteiger partial charge in [-0.05, 0) is 36.4 Å². The number of halogens is 3. The lowest BCUT2D eigenvalue weighted by molar-refractivity contribution is 0.0946. The second-order valence-corrected chi connectivity index (χ2v) is 6.04. The Morgan fingerprint density at radius 1 is 1.15 bits per heavy atom. The van der Waals surface area contributed by atoms with Crippen molar-refractivity contribution < 1.29 is 13.6 Å². The van der Waals surface area contributed by atoms with Gasteiger partial charge in [0.15, 0.2) is 0 Å². The monoisotopic (exact) mass is 386 g/mol. The molecule has 0 fully saturated rings. The maximum absolute atomic E-state index is 13.6. The molecule has 0 aliphatic rings. The summed E-state index contributed by atoms with van der Waals surface area (Å²) in [4.78, 5) is 16.3. The maximum Gasteiger partial charge on any atom is 0.257 e. The number of benzene rings is 2. The van der Waals surface area contributed by atoms with Gasteiger partial charge in [-0.2, -0.15) is 5.26 Å². The van der Waals surface area contributed by atoms with Crippen LogP contribution in [0.4, 0.5) is 14.6 Å². The van der Waals surface area contributed by atoms with Crippen LogP contribution in [0.2, 0.25) is 5.02 Å². The van der Waals surface area contributed by atoms with Crippen molar-refractivity contribution in [2.75, 3.05) is 18.4 Å². The molecule has 0 bridgehead atoms. The Balaban J connectivity index is 1.65. The molecule has 1 amide bonds. The fourth-order valence-electron chi connectivity index (χ4n) is 2.55. The predicted molar refractivity (Wildman–Crippen MR) is 98.6 cm³/mol. The first-order valence-electron chi connectivity index (χ1n) is 7.96. The van der Waals surface area contributed by atoms with Crippen LogP contribution in [0.1, 0.15) is 15.9 Å². The Morgan fingerprint density at radius 2 is 1.89 bits per heavy atom. The molecular formula is C19H13ClF2N4O. The average molecular weight is 387 g/mol. The Bertz CT molecular complexity index is 1050. The van der Waals surface area contributed by atoms with E-state index in [0.717, 1.165) is 12.1 Å². The summed E-state index contributed by atoms with van der Waals surface area (Å²) >= 11 is 5.95. The second-order valence-electron chi connectivity index (χ2n) is 5.61. The lowest BCUT2D eigenvalue weighted by atomic mass is 10.1. The summed E-state index contributed by atoms with van der Waals surface area (Å²) < 4.78 is 27.1. The standard InChI is InChI=1S/C19H13ClF2N4O/c20-12-4-5-16-13(9-12)11(10-23)8-17(26-16)24-6-7-25-19(27)18-14(21)2-1-3-15(18)22/h1-5,8-9H,6-7H2,(H,24,26)(H,25,27). The molecule has 0 aliphatic carbocycles. The Hall–Kier alpha value is -3.24. The van der Waals surface area contributed by atoms with Crippen molar-refractivity contribution in [3.8, 4) is 6.07 Å². The van der Waals surface area contributed by atoms with Crippen LogP contribution < -0.4 is 10.6 Å². The highest BCUT2D eigenvalue weighted by molar-refractivity contribution is 6.31. The number of hydrogen-bond acceptors (Lipinski definition) is 4. The van der Waals surface area contributed by atoms with Crippen molar-refractivity contribution in [1.82, 2.24) is 10.3 Å². The van der Waals surface area contributed by atoms with Gasteiger partial charge in [0.1, 0.15) is 23.0 Å². The zero-order chi connectivity index (χ0) is 19.4. The molecule has 2 N–H and O–H groups in total. The number of fused-ring (bicyclic) bond motifs is 1. The van der Waals surface area contributed by atoms with E-state index in [1.807, 2.05) is 0 Å². The highest BCUT2D eigenvalue weighted by Crippen LogP contribution is 2.23. The van der Waals surface area contributed by atoms with E-state index in [2.05, 4.69) is 21.7 Å². The van der Waals surface area contributed by atoms with Gasteiger partial charge in [0.2, 0.25) is 0 Å². The minimum absolute atomic E-state index is 0.106. The number of hydrogen-bond donors (Lipinski definition) is 2. The molecule has 8 heteroatoms. The molecule has 3 rings (SSSR count). The Morgan fingerprint density at radius 3 is 2.59 bits per heavy atom. The number of nitriles is 1. The van der Waals surface area contributed by atoms with Crippen molar-refractivity contribution in [1.29, 1.82) is 5.26 Å². The van der Waals surface area contributed by atoms with Gasteiger partial charge in [0.05, 0.1) is 17.1 Å². The number of rotatable bonds is 5. The predicted octanol–water partition coefficient (Wildman–Crippen LogP) is 3.88. The molecule has 0 aliphatic heterocycles. The minimum atomic E-state index is -0.922. The number of anilines is 1. The second kappa shape index (κ2) is 7.98. The van der Waals surface area contributed by atoms with E-state index >= 15 is 0 Å². The van der Waals surface area contributed by atoms with Gasteiger partial charge in [0.25, 0.3) is 5.91 Å². The number of carbonyl (C=O) groups excluding carboxylic acids is 1. The zero-order valence-corrected chi connectivity index (χ0v) is 14.6. The lowest BCUT2D eigenvalue weighted by Gasteiger charge is -2.10. The molecule has 27 heavy (non-hydrogen) atoms. The molecule has 1 aromatic heterocycles. The molecule has 0 spiro atoms. The Kier molecular flexibility index (Phi) is 5.48. The molecule has 0 radical (unpaired) electrons. The van der Waals surface area contributed by atoms with Gasteiger partial charge in [-0.1, -0.05) is 17.7 Å². The largest absolute Gasteiger partial charge is 0.368 e. The normalized spacial score (nSPS) is 10.4. The highest BCUT2D eigenvalue weighted by Gasteiger charge is 2.16. The van der Waals surface area contributed by atoms with E-state index in [-0.39, 0.29) is 13.1 Å². The third-order valence-corrected chi connectivity index (χ3v) is 4.03. The van der Waals surface area contributed by atoms with Crippen molar-refractivity contribution in [2.24, 2.45) is 0 Å². The van der Waals surface area contributed by atoms with E-state index in [0.29, 0.717) is 27.3 Å². The summed E-state index contributed by atoms with van der Waals surface area (Å²) in [6.45, 7) is 0.355. The molecule has 0 unspecified atom stereocenters. The lowest BCUT2D eigenvalue weighted by Crippen LogP contribution is -2.30. The number of carbonyl (C=O) groups is 1. The topological polar surface area (TPSA) is 77.8 Å². The average Bonchev–Trinajstić information content (AvgIpc) is 2.64. The Labute approximate surface area is 158 Å². The third kappa shape index (κ3) is 4.13. The first-order chi connectivity index (χ1) is 13.0. The highest BCUT2D eigenvalue weighted by atomic mass is 35.5. The van der Waals surface area contributed by atoms with Gasteiger partial charge < -0.3 is 10.6 Å². The van der Waals surface area contributed by atoms with E-state index in [1.54, 1.807) is 24.3 Å². The van der Waals surface area contributed by atoms with Crippen LogP contribution in [0.3, 0.4) is 0 Å². The molecule has 5 nitrogen and oxygen atoms in total. The van der Waals surface area contributed by atoms with Crippen LogP contribution in [0.15, 0.2) is 42.5 Å². The van der Waals surface area contributed by atoms with Crippen LogP contribution in [-0.4, -0.2) is 24.0 Å². The first-order valence-corrected chi connectivity index (χ1v) is 8.34. The number of amides is 1. The van der Waals surface area contributed by atoms with Gasteiger partial charge in [-0.15, -0.1) is 0 Å². The smallest absolute Gasteiger partial charge is 0.257 e. The number of nitrogens with one attached hydrogen (secondary N) is 2. The van der Waals surface area contributed by atoms with Gasteiger partial charge in [-0.25, -0.2) is 13.8 Å². The van der Waals surface area contributed by atoms with Crippen LogP contribution in [0, 0.1) is 23.0 Å². The number of aromatic nitrogens is 1. The number of pyridine rings is 1. The summed E-state index contributed by atoms with van der Waals surface area (Å²) in [5, 5.41) is 15.8. The van der Waals surface area contributed by atoms with Crippen LogP contribution in [-0.2, 0) is 0 Å². The van der Waals surface area contributed by atoms with E-state index in [4.69, 9.17) is 11.6 Å². The van der Waals surface area contributed by atoms with Crippen molar-refractivity contribution in [3.05, 3.63) is 70.2 Å². The number of nitrogens with zero attached hydrogens (tertiary/aromatic N) is 2. The molecule has 3 aromatic rings. The summed E-state index contributed by atoms with van der Waals surface area (Å²) in [7, 11) is 0. The van der Waals surface area contributed by atoms with Crippen LogP contribution in [0.5, 0.6) is 0 Å². The van der Waals surface area contributed by atoms with Gasteiger partial charge in [0, 0.05) is 23.5 Å². The van der Waals surface area contributed by atoms with Crippen molar-refractivity contribution >= 4 is 34.2 Å². The minimum Gasteiger partial charge on any atom is -0.368 e. The van der Waals surface area contributed by atoms with E-state index in [1.165, 1.54) is 6.07 Å². The molecule has 0 saturated carbocycles. The molecule has 0 atom stereocenters. The van der Waals surface area contributed by atoms with Crippen molar-refractivity contribution in [3.63, 3.8) is 0 Å². The van der Waals surface area contributed by atoms with Crippen LogP contribution in [0.25, 0.3) is 10.9 Å². The molecular weight excluding hydrogens is 374 g/mol. The van der Waals surface area contributed by atoms with Gasteiger partial charge in [-0.3, -0.25) is 4.79 Å². The zero-order valence-electron chi connectivity index (χ0n) is 13.9. The molecule has 0 saturated heterocycles. The van der Waals surface area contributed by atoms with E-state index in [9.17, 15) is 18.8 Å². The van der Waals surface area contributed by atoms with Crippen LogP contribution >= 0.6 is 11.6 Å². The molecule has 1 heterocycles. The fourth-order valence-corrected chi connectivity index (χ4v) is 2.72. The van der Waals surface area contributed by atoms with E-state index < -0.39 is 23.1 Å². The summed E-state index contributed by atoms with van der Waals surface area (Å²) in [5.41, 5.74) is 0.380. The third-order valence-electron chi connectivity index (χ3n) is 3.80. The quantitative estimate of drug-likeness (QED) is 0.652. The first kappa shape index (κ1) is 18.5. The van der Waals surface area contributed by atoms with Gasteiger partial charge >= 0.3 is 0 Å². The summed E-state index contributed by atoms with van der Waals surface area (Å²) in [6, 6.07) is 11.9.